The van der Waals surface area contributed by atoms with Crippen molar-refractivity contribution in [2.75, 3.05) is 13.2 Å². The van der Waals surface area contributed by atoms with Gasteiger partial charge in [0.25, 0.3) is 0 Å². The second-order valence-corrected chi connectivity index (χ2v) is 27.0. The second kappa shape index (κ2) is 76.3. The van der Waals surface area contributed by atoms with Gasteiger partial charge in [0, 0.05) is 12.8 Å². The molecule has 0 saturated carbocycles. The number of aliphatic hydroxyl groups is 2. The summed E-state index contributed by atoms with van der Waals surface area (Å²) < 4.78 is 5.49. The highest BCUT2D eigenvalue weighted by atomic mass is 16.5. The molecule has 1 amide bonds. The van der Waals surface area contributed by atoms with Crippen LogP contribution in [0.4, 0.5) is 0 Å². The molecule has 3 N–H and O–H groups in total. The first-order valence-corrected chi connectivity index (χ1v) is 39.4. The van der Waals surface area contributed by atoms with E-state index in [4.69, 9.17) is 4.74 Å². The van der Waals surface area contributed by atoms with Gasteiger partial charge in [-0.15, -0.1) is 0 Å². The Morgan fingerprint density at radius 2 is 0.586 bits per heavy atom. The van der Waals surface area contributed by atoms with Gasteiger partial charge in [-0.05, 0) is 83.5 Å². The van der Waals surface area contributed by atoms with Gasteiger partial charge >= 0.3 is 5.97 Å². The van der Waals surface area contributed by atoms with Crippen LogP contribution in [-0.4, -0.2) is 47.4 Å². The maximum atomic E-state index is 12.5. The Hall–Kier alpha value is -2.18. The summed E-state index contributed by atoms with van der Waals surface area (Å²) >= 11 is 0. The van der Waals surface area contributed by atoms with Crippen molar-refractivity contribution in [1.29, 1.82) is 0 Å². The molecule has 0 spiro atoms. The number of amides is 1. The van der Waals surface area contributed by atoms with Crippen molar-refractivity contribution >= 4 is 11.9 Å². The third-order valence-corrected chi connectivity index (χ3v) is 18.3. The first kappa shape index (κ1) is 84.8. The van der Waals surface area contributed by atoms with Crippen LogP contribution in [0.15, 0.2) is 48.6 Å². The summed E-state index contributed by atoms with van der Waals surface area (Å²) in [5.41, 5.74) is 0. The van der Waals surface area contributed by atoms with E-state index in [9.17, 15) is 19.8 Å². The van der Waals surface area contributed by atoms with Crippen molar-refractivity contribution in [3.8, 4) is 0 Å². The molecule has 87 heavy (non-hydrogen) atoms. The van der Waals surface area contributed by atoms with E-state index in [1.165, 1.54) is 353 Å². The molecule has 0 fully saturated rings. The quantitative estimate of drug-likeness (QED) is 0.0320. The molecule has 0 rings (SSSR count). The lowest BCUT2D eigenvalue weighted by molar-refractivity contribution is -0.143. The molecule has 2 unspecified atom stereocenters. The fourth-order valence-corrected chi connectivity index (χ4v) is 12.3. The lowest BCUT2D eigenvalue weighted by atomic mass is 10.0. The molecule has 0 aromatic rings. The third kappa shape index (κ3) is 72.8. The van der Waals surface area contributed by atoms with E-state index in [-0.39, 0.29) is 18.5 Å². The van der Waals surface area contributed by atoms with Crippen LogP contribution < -0.4 is 5.32 Å². The fourth-order valence-electron chi connectivity index (χ4n) is 12.3. The zero-order valence-electron chi connectivity index (χ0n) is 58.8. The molecule has 0 radical (unpaired) electrons. The van der Waals surface area contributed by atoms with E-state index in [0.29, 0.717) is 19.4 Å². The van der Waals surface area contributed by atoms with Gasteiger partial charge in [0.2, 0.25) is 5.91 Å². The average Bonchev–Trinajstić information content (AvgIpc) is 3.54. The van der Waals surface area contributed by atoms with E-state index in [2.05, 4.69) is 55.6 Å². The lowest BCUT2D eigenvalue weighted by Gasteiger charge is -2.20. The molecule has 6 heteroatoms. The molecule has 0 aliphatic rings. The molecule has 0 heterocycles. The molecule has 2 atom stereocenters. The van der Waals surface area contributed by atoms with Gasteiger partial charge in [0.05, 0.1) is 25.4 Å². The number of hydrogen-bond donors (Lipinski definition) is 3. The largest absolute Gasteiger partial charge is 0.466 e. The smallest absolute Gasteiger partial charge is 0.305 e. The van der Waals surface area contributed by atoms with Crippen molar-refractivity contribution in [1.82, 2.24) is 5.32 Å². The molecule has 0 bridgehead atoms. The highest BCUT2D eigenvalue weighted by Crippen LogP contribution is 2.19. The first-order valence-electron chi connectivity index (χ1n) is 39.4. The normalized spacial score (nSPS) is 12.7. The Balaban J connectivity index is 3.34. The summed E-state index contributed by atoms with van der Waals surface area (Å²) in [6.45, 7) is 4.89. The van der Waals surface area contributed by atoms with Crippen LogP contribution in [0, 0.1) is 0 Å². The van der Waals surface area contributed by atoms with Gasteiger partial charge in [-0.25, -0.2) is 0 Å². The minimum Gasteiger partial charge on any atom is -0.466 e. The van der Waals surface area contributed by atoms with Gasteiger partial charge in [0.15, 0.2) is 0 Å². The van der Waals surface area contributed by atoms with Crippen LogP contribution in [0.3, 0.4) is 0 Å². The van der Waals surface area contributed by atoms with Crippen molar-refractivity contribution in [2.24, 2.45) is 0 Å². The number of hydrogen-bond acceptors (Lipinski definition) is 5. The second-order valence-electron chi connectivity index (χ2n) is 27.0. The van der Waals surface area contributed by atoms with E-state index in [1.807, 2.05) is 6.08 Å². The van der Waals surface area contributed by atoms with Crippen LogP contribution in [0.1, 0.15) is 431 Å². The number of aliphatic hydroxyl groups excluding tert-OH is 2. The van der Waals surface area contributed by atoms with Gasteiger partial charge in [-0.1, -0.05) is 383 Å². The third-order valence-electron chi connectivity index (χ3n) is 18.3. The zero-order chi connectivity index (χ0) is 62.8. The fraction of sp³-hybridized carbons (Fsp3) is 0.877. The van der Waals surface area contributed by atoms with Crippen LogP contribution in [0.25, 0.3) is 0 Å². The number of carbonyl (C=O) groups excluding carboxylic acids is 2. The van der Waals surface area contributed by atoms with E-state index in [0.717, 1.165) is 51.4 Å². The highest BCUT2D eigenvalue weighted by Gasteiger charge is 2.18. The van der Waals surface area contributed by atoms with Crippen LogP contribution in [0.5, 0.6) is 0 Å². The molecule has 6 nitrogen and oxygen atoms in total. The number of unbranched alkanes of at least 4 members (excludes halogenated alkanes) is 57. The molecular weight excluding hydrogens is 1070 g/mol. The van der Waals surface area contributed by atoms with Crippen molar-refractivity contribution in [2.45, 2.75) is 443 Å². The number of allylic oxidation sites excluding steroid dienone is 7. The lowest BCUT2D eigenvalue weighted by Crippen LogP contribution is -2.45. The number of esters is 1. The molecule has 0 aromatic carbocycles. The van der Waals surface area contributed by atoms with Gasteiger partial charge in [-0.3, -0.25) is 9.59 Å². The first-order chi connectivity index (χ1) is 43.0. The maximum absolute atomic E-state index is 12.5. The summed E-state index contributed by atoms with van der Waals surface area (Å²) in [4.78, 5) is 24.6. The van der Waals surface area contributed by atoms with Gasteiger partial charge < -0.3 is 20.3 Å². The number of ether oxygens (including phenoxy) is 1. The predicted octanol–water partition coefficient (Wildman–Crippen LogP) is 26.0. The summed E-state index contributed by atoms with van der Waals surface area (Å²) in [6.07, 6.45) is 101. The summed E-state index contributed by atoms with van der Waals surface area (Å²) in [5, 5.41) is 23.2. The molecule has 0 saturated heterocycles. The average molecular weight is 1220 g/mol. The number of rotatable bonds is 74. The Morgan fingerprint density at radius 1 is 0.322 bits per heavy atom. The van der Waals surface area contributed by atoms with E-state index < -0.39 is 12.1 Å². The SMILES string of the molecule is CCCC/C=C\C/C=C\CCCCCCCC(=O)OCCCCCCCCCCCCCCCCCCCC/C=C\CCCCCCCCCCCCCCCCCCCC(=O)NC(CO)C(O)/C=C/CCCCCCCCCCCCCCCCC. The standard InChI is InChI=1S/C81H153NO5/c1-3-5-7-9-11-13-15-17-19-43-46-49-53-57-61-65-69-73-79(84)78(77-83)82-80(85)74-70-66-62-58-54-50-47-44-41-39-37-35-33-31-29-27-25-23-21-20-22-24-26-28-30-32-34-36-38-40-42-45-48-52-56-60-64-68-72-76-87-81(86)75-71-67-63-59-55-51-18-16-14-12-10-8-6-4-2/h10,12,16,18,20-21,69,73,78-79,83-84H,3-9,11,13-15,17,19,22-68,70-72,74-77H2,1-2H3,(H,82,85)/b12-10-,18-16-,21-20-,73-69+. The van der Waals surface area contributed by atoms with Crippen LogP contribution >= 0.6 is 0 Å². The number of carbonyl (C=O) groups is 2. The van der Waals surface area contributed by atoms with Crippen molar-refractivity contribution in [3.05, 3.63) is 48.6 Å². The predicted molar refractivity (Wildman–Crippen MR) is 384 cm³/mol. The summed E-state index contributed by atoms with van der Waals surface area (Å²) in [5.74, 6) is -0.0526. The maximum Gasteiger partial charge on any atom is 0.305 e. The van der Waals surface area contributed by atoms with Crippen LogP contribution in [-0.2, 0) is 14.3 Å². The van der Waals surface area contributed by atoms with Crippen molar-refractivity contribution < 1.29 is 24.5 Å². The zero-order valence-corrected chi connectivity index (χ0v) is 58.8. The molecule has 0 aromatic heterocycles. The van der Waals surface area contributed by atoms with E-state index in [1.54, 1.807) is 6.08 Å². The van der Waals surface area contributed by atoms with Gasteiger partial charge in [0.1, 0.15) is 0 Å². The van der Waals surface area contributed by atoms with Gasteiger partial charge in [-0.2, -0.15) is 0 Å². The summed E-state index contributed by atoms with van der Waals surface area (Å²) in [7, 11) is 0. The Kier molecular flexibility index (Phi) is 74.4. The summed E-state index contributed by atoms with van der Waals surface area (Å²) in [6, 6.07) is -0.625. The minimum absolute atomic E-state index is 0.00785. The molecular formula is C81H153NO5. The van der Waals surface area contributed by atoms with Crippen molar-refractivity contribution in [3.63, 3.8) is 0 Å². The molecule has 0 aliphatic heterocycles. The topological polar surface area (TPSA) is 95.9 Å². The monoisotopic (exact) mass is 1220 g/mol. The Bertz CT molecular complexity index is 1450. The molecule has 0 aliphatic carbocycles. The number of nitrogens with one attached hydrogen (secondary N) is 1. The van der Waals surface area contributed by atoms with Crippen LogP contribution in [0.2, 0.25) is 0 Å². The van der Waals surface area contributed by atoms with E-state index >= 15 is 0 Å². The Labute approximate surface area is 544 Å². The molecule has 512 valence electrons. The Morgan fingerprint density at radius 3 is 0.920 bits per heavy atom. The minimum atomic E-state index is -0.842. The highest BCUT2D eigenvalue weighted by molar-refractivity contribution is 5.76.